The molecule has 0 aliphatic heterocycles. The van der Waals surface area contributed by atoms with Crippen LogP contribution in [-0.4, -0.2) is 24.5 Å². The smallest absolute Gasteiger partial charge is 0.315 e. The van der Waals surface area contributed by atoms with Gasteiger partial charge in [0.25, 0.3) is 0 Å². The van der Waals surface area contributed by atoms with E-state index in [-0.39, 0.29) is 24.3 Å². The van der Waals surface area contributed by atoms with Crippen LogP contribution >= 0.6 is 0 Å². The maximum Gasteiger partial charge on any atom is 0.315 e. The van der Waals surface area contributed by atoms with Gasteiger partial charge in [0.1, 0.15) is 17.2 Å². The van der Waals surface area contributed by atoms with E-state index < -0.39 is 12.1 Å². The van der Waals surface area contributed by atoms with Gasteiger partial charge in [-0.1, -0.05) is 0 Å². The van der Waals surface area contributed by atoms with Crippen molar-refractivity contribution in [3.05, 3.63) is 35.3 Å². The number of hydrogen-bond acceptors (Lipinski definition) is 3. The third-order valence-electron chi connectivity index (χ3n) is 4.03. The number of benzene rings is 1. The summed E-state index contributed by atoms with van der Waals surface area (Å²) >= 11 is 0. The van der Waals surface area contributed by atoms with Gasteiger partial charge in [0, 0.05) is 17.0 Å². The molecule has 2 aromatic rings. The van der Waals surface area contributed by atoms with Gasteiger partial charge < -0.3 is 20.4 Å². The Morgan fingerprint density at radius 1 is 1.38 bits per heavy atom. The number of nitrogens with one attached hydrogen (secondary N) is 3. The van der Waals surface area contributed by atoms with E-state index in [1.165, 1.54) is 12.1 Å². The van der Waals surface area contributed by atoms with Crippen LogP contribution in [0.25, 0.3) is 11.0 Å². The fourth-order valence-corrected chi connectivity index (χ4v) is 2.61. The van der Waals surface area contributed by atoms with E-state index >= 15 is 0 Å². The van der Waals surface area contributed by atoms with Crippen molar-refractivity contribution in [3.8, 4) is 0 Å². The monoisotopic (exact) mass is 333 g/mol. The molecule has 1 aromatic heterocycles. The van der Waals surface area contributed by atoms with Crippen LogP contribution < -0.4 is 16.0 Å². The van der Waals surface area contributed by atoms with Gasteiger partial charge in [0.05, 0.1) is 12.6 Å². The molecule has 1 aliphatic rings. The topological polar surface area (TPSA) is 83.4 Å². The Kier molecular flexibility index (Phi) is 4.42. The van der Waals surface area contributed by atoms with Crippen molar-refractivity contribution in [1.82, 2.24) is 16.0 Å². The van der Waals surface area contributed by atoms with Gasteiger partial charge in [-0.2, -0.15) is 0 Å². The minimum atomic E-state index is -0.459. The minimum absolute atomic E-state index is 0.0701. The van der Waals surface area contributed by atoms with Crippen molar-refractivity contribution in [2.24, 2.45) is 0 Å². The highest BCUT2D eigenvalue weighted by Gasteiger charge is 2.23. The van der Waals surface area contributed by atoms with Gasteiger partial charge in [-0.15, -0.1) is 0 Å². The first-order valence-electron chi connectivity index (χ1n) is 7.96. The fraction of sp³-hybridized carbons (Fsp3) is 0.412. The third-order valence-corrected chi connectivity index (χ3v) is 4.03. The SMILES string of the molecule is Cc1c(C(C)NC(=O)NCC(=O)NC2CC2)oc2ccc(F)cc12. The van der Waals surface area contributed by atoms with Crippen LogP contribution in [0.15, 0.2) is 22.6 Å². The molecular weight excluding hydrogens is 313 g/mol. The molecule has 1 aromatic carbocycles. The second-order valence-corrected chi connectivity index (χ2v) is 6.12. The Morgan fingerprint density at radius 2 is 2.12 bits per heavy atom. The van der Waals surface area contributed by atoms with Gasteiger partial charge in [0.15, 0.2) is 0 Å². The van der Waals surface area contributed by atoms with Crippen LogP contribution in [0.2, 0.25) is 0 Å². The number of carbonyl (C=O) groups is 2. The number of amides is 3. The highest BCUT2D eigenvalue weighted by Crippen LogP contribution is 2.29. The molecule has 0 bridgehead atoms. The summed E-state index contributed by atoms with van der Waals surface area (Å²) in [5.74, 6) is 0.0295. The molecule has 3 N–H and O–H groups in total. The molecule has 128 valence electrons. The standard InChI is InChI=1S/C17H20FN3O3/c1-9-13-7-11(18)3-6-14(13)24-16(9)10(2)20-17(23)19-8-15(22)21-12-4-5-12/h3,6-7,10,12H,4-5,8H2,1-2H3,(H,21,22)(H2,19,20,23). The fourth-order valence-electron chi connectivity index (χ4n) is 2.61. The van der Waals surface area contributed by atoms with Gasteiger partial charge in [-0.25, -0.2) is 9.18 Å². The van der Waals surface area contributed by atoms with Gasteiger partial charge >= 0.3 is 6.03 Å². The Labute approximate surface area is 138 Å². The molecule has 1 saturated carbocycles. The lowest BCUT2D eigenvalue weighted by atomic mass is 10.1. The van der Waals surface area contributed by atoms with E-state index in [1.807, 2.05) is 6.92 Å². The molecule has 0 spiro atoms. The minimum Gasteiger partial charge on any atom is -0.459 e. The first kappa shape index (κ1) is 16.3. The summed E-state index contributed by atoms with van der Waals surface area (Å²) in [4.78, 5) is 23.5. The van der Waals surface area contributed by atoms with E-state index in [2.05, 4.69) is 16.0 Å². The average molecular weight is 333 g/mol. The van der Waals surface area contributed by atoms with Crippen LogP contribution in [0, 0.1) is 12.7 Å². The molecule has 1 aliphatic carbocycles. The van der Waals surface area contributed by atoms with Crippen molar-refractivity contribution in [2.45, 2.75) is 38.8 Å². The van der Waals surface area contributed by atoms with E-state index in [0.29, 0.717) is 16.7 Å². The summed E-state index contributed by atoms with van der Waals surface area (Å²) in [7, 11) is 0. The molecule has 1 unspecified atom stereocenters. The Hall–Kier alpha value is -2.57. The maximum absolute atomic E-state index is 13.3. The van der Waals surface area contributed by atoms with Crippen LogP contribution in [0.1, 0.15) is 37.1 Å². The van der Waals surface area contributed by atoms with Crippen molar-refractivity contribution in [2.75, 3.05) is 6.54 Å². The summed E-state index contributed by atoms with van der Waals surface area (Å²) < 4.78 is 19.1. The molecular formula is C17H20FN3O3. The molecule has 1 fully saturated rings. The summed E-state index contributed by atoms with van der Waals surface area (Å²) in [6.07, 6.45) is 2.00. The number of fused-ring (bicyclic) bond motifs is 1. The summed E-state index contributed by atoms with van der Waals surface area (Å²) in [6.45, 7) is 3.52. The van der Waals surface area contributed by atoms with E-state index in [9.17, 15) is 14.0 Å². The number of furan rings is 1. The second kappa shape index (κ2) is 6.51. The quantitative estimate of drug-likeness (QED) is 0.786. The molecule has 7 heteroatoms. The van der Waals surface area contributed by atoms with Crippen molar-refractivity contribution in [3.63, 3.8) is 0 Å². The zero-order valence-corrected chi connectivity index (χ0v) is 13.6. The largest absolute Gasteiger partial charge is 0.459 e. The highest BCUT2D eigenvalue weighted by molar-refractivity contribution is 5.85. The summed E-state index contributed by atoms with van der Waals surface area (Å²) in [5.41, 5.74) is 1.35. The number of hydrogen-bond donors (Lipinski definition) is 3. The van der Waals surface area contributed by atoms with E-state index in [0.717, 1.165) is 18.4 Å². The molecule has 1 atom stereocenters. The molecule has 1 heterocycles. The van der Waals surface area contributed by atoms with Gasteiger partial charge in [-0.3, -0.25) is 4.79 Å². The lowest BCUT2D eigenvalue weighted by molar-refractivity contribution is -0.120. The molecule has 0 saturated heterocycles. The molecule has 3 amide bonds. The Balaban J connectivity index is 1.59. The van der Waals surface area contributed by atoms with Crippen molar-refractivity contribution in [1.29, 1.82) is 0 Å². The second-order valence-electron chi connectivity index (χ2n) is 6.12. The molecule has 3 rings (SSSR count). The van der Waals surface area contributed by atoms with Crippen LogP contribution in [-0.2, 0) is 4.79 Å². The molecule has 0 radical (unpaired) electrons. The van der Waals surface area contributed by atoms with Crippen molar-refractivity contribution >= 4 is 22.9 Å². The van der Waals surface area contributed by atoms with E-state index in [4.69, 9.17) is 4.42 Å². The average Bonchev–Trinajstić information content (AvgIpc) is 3.28. The number of halogens is 1. The Morgan fingerprint density at radius 3 is 2.83 bits per heavy atom. The van der Waals surface area contributed by atoms with Gasteiger partial charge in [0.2, 0.25) is 5.91 Å². The van der Waals surface area contributed by atoms with Gasteiger partial charge in [-0.05, 0) is 44.9 Å². The number of rotatable bonds is 5. The summed E-state index contributed by atoms with van der Waals surface area (Å²) in [5, 5.41) is 8.71. The predicted molar refractivity (Wildman–Crippen MR) is 87.0 cm³/mol. The predicted octanol–water partition coefficient (Wildman–Crippen LogP) is 2.52. The maximum atomic E-state index is 13.3. The normalized spacial score (nSPS) is 15.1. The zero-order valence-electron chi connectivity index (χ0n) is 13.6. The van der Waals surface area contributed by atoms with Crippen molar-refractivity contribution < 1.29 is 18.4 Å². The Bertz CT molecular complexity index is 783. The molecule has 24 heavy (non-hydrogen) atoms. The van der Waals surface area contributed by atoms with Crippen LogP contribution in [0.5, 0.6) is 0 Å². The lowest BCUT2D eigenvalue weighted by Gasteiger charge is -2.13. The number of carbonyl (C=O) groups excluding carboxylic acids is 2. The zero-order chi connectivity index (χ0) is 17.3. The molecule has 6 nitrogen and oxygen atoms in total. The first-order chi connectivity index (χ1) is 11.4. The van der Waals surface area contributed by atoms with E-state index in [1.54, 1.807) is 13.0 Å². The number of urea groups is 1. The highest BCUT2D eigenvalue weighted by atomic mass is 19.1. The van der Waals surface area contributed by atoms with Crippen LogP contribution in [0.4, 0.5) is 9.18 Å². The summed E-state index contributed by atoms with van der Waals surface area (Å²) in [6, 6.07) is 3.70. The third kappa shape index (κ3) is 3.67. The van der Waals surface area contributed by atoms with Crippen LogP contribution in [0.3, 0.4) is 0 Å². The lowest BCUT2D eigenvalue weighted by Crippen LogP contribution is -2.43. The number of aryl methyl sites for hydroxylation is 1. The first-order valence-corrected chi connectivity index (χ1v) is 7.96.